The van der Waals surface area contributed by atoms with E-state index in [2.05, 4.69) is 55.6 Å². The third-order valence-electron chi connectivity index (χ3n) is 20.2. The van der Waals surface area contributed by atoms with Crippen molar-refractivity contribution in [3.05, 3.63) is 180 Å². The lowest BCUT2D eigenvalue weighted by Crippen LogP contribution is -2.49. The number of carbonyl (C=O) groups is 14. The molecular formula is C104H154ClN9O28S. The van der Waals surface area contributed by atoms with Crippen molar-refractivity contribution >= 4 is 105 Å². The Labute approximate surface area is 847 Å². The van der Waals surface area contributed by atoms with Crippen LogP contribution in [0, 0.1) is 29.6 Å². The molecule has 13 N–H and O–H groups in total. The summed E-state index contributed by atoms with van der Waals surface area (Å²) in [6.45, 7) is 27.7. The maximum atomic E-state index is 12.5. The molecule has 0 aliphatic carbocycles. The third kappa shape index (κ3) is 57.7. The molecule has 6 rings (SSSR count). The second-order valence-corrected chi connectivity index (χ2v) is 37.7. The second kappa shape index (κ2) is 72.2. The van der Waals surface area contributed by atoms with Crippen LogP contribution >= 0.6 is 11.6 Å². The van der Waals surface area contributed by atoms with Gasteiger partial charge in [-0.15, -0.1) is 0 Å². The molecular weight excluding hydrogens is 1890 g/mol. The summed E-state index contributed by atoms with van der Waals surface area (Å²) in [4.78, 5) is 163. The Morgan fingerprint density at radius 3 is 0.902 bits per heavy atom. The minimum absolute atomic E-state index is 0.0745. The molecule has 10 atom stereocenters. The summed E-state index contributed by atoms with van der Waals surface area (Å²) in [7, 11) is 6.78. The van der Waals surface area contributed by atoms with Crippen molar-refractivity contribution in [3.8, 4) is 33.4 Å². The third-order valence-corrected chi connectivity index (χ3v) is 21.0. The van der Waals surface area contributed by atoms with Crippen LogP contribution in [0.1, 0.15) is 199 Å². The van der Waals surface area contributed by atoms with Gasteiger partial charge in [-0.05, 0) is 202 Å². The number of aliphatic carboxylic acids is 2. The molecule has 143 heavy (non-hydrogen) atoms. The zero-order valence-corrected chi connectivity index (χ0v) is 88.4. The van der Waals surface area contributed by atoms with Gasteiger partial charge in [-0.2, -0.15) is 8.42 Å². The molecule has 37 nitrogen and oxygen atoms in total. The average molecular weight is 2050 g/mol. The summed E-state index contributed by atoms with van der Waals surface area (Å²) in [5.41, 5.74) is 18.3. The Kier molecular flexibility index (Phi) is 66.0. The molecule has 0 aliphatic rings. The molecule has 0 aromatic heterocycles. The van der Waals surface area contributed by atoms with Gasteiger partial charge in [0.15, 0.2) is 6.10 Å². The van der Waals surface area contributed by atoms with Gasteiger partial charge in [0.1, 0.15) is 60.0 Å². The van der Waals surface area contributed by atoms with Crippen molar-refractivity contribution in [2.45, 2.75) is 234 Å². The fraction of sp³-hybridized carbons (Fsp3) is 0.519. The van der Waals surface area contributed by atoms with Crippen LogP contribution in [0.5, 0.6) is 0 Å². The lowest BCUT2D eigenvalue weighted by molar-refractivity contribution is -0.149. The van der Waals surface area contributed by atoms with Crippen molar-refractivity contribution in [2.75, 3.05) is 89.3 Å². The van der Waals surface area contributed by atoms with Crippen LogP contribution in [-0.2, 0) is 105 Å². The second-order valence-electron chi connectivity index (χ2n) is 35.8. The molecule has 39 heteroatoms. The summed E-state index contributed by atoms with van der Waals surface area (Å²) < 4.78 is 68.7. The summed E-state index contributed by atoms with van der Waals surface area (Å²) in [5.74, 6) is -5.22. The molecule has 6 aromatic rings. The van der Waals surface area contributed by atoms with E-state index in [9.17, 15) is 85.8 Å². The highest BCUT2D eigenvalue weighted by Crippen LogP contribution is 2.24. The summed E-state index contributed by atoms with van der Waals surface area (Å²) in [5, 5.41) is 38.0. The molecule has 0 saturated carbocycles. The summed E-state index contributed by atoms with van der Waals surface area (Å²) in [6, 6.07) is 45.3. The highest BCUT2D eigenvalue weighted by Gasteiger charge is 2.33. The number of halogens is 1. The van der Waals surface area contributed by atoms with Gasteiger partial charge in [0.2, 0.25) is 0 Å². The van der Waals surface area contributed by atoms with Gasteiger partial charge in [-0.3, -0.25) is 83.0 Å². The first kappa shape index (κ1) is 131. The van der Waals surface area contributed by atoms with Gasteiger partial charge in [-0.1, -0.05) is 210 Å². The van der Waals surface area contributed by atoms with Gasteiger partial charge in [0.25, 0.3) is 27.2 Å². The van der Waals surface area contributed by atoms with E-state index in [1.54, 1.807) is 57.2 Å². The number of benzene rings is 6. The van der Waals surface area contributed by atoms with Crippen LogP contribution in [0.25, 0.3) is 33.4 Å². The number of ether oxygens (including phenoxy) is 9. The topological polar surface area (TPSA) is 542 Å². The van der Waals surface area contributed by atoms with Crippen LogP contribution in [0.4, 0.5) is 4.79 Å². The van der Waals surface area contributed by atoms with E-state index in [1.165, 1.54) is 56.9 Å². The number of amides is 3. The van der Waals surface area contributed by atoms with E-state index >= 15 is 0 Å². The monoisotopic (exact) mass is 2040 g/mol. The molecule has 0 radical (unpaired) electrons. The number of alkyl carbamates (subject to hydrolysis) is 1. The smallest absolute Gasteiger partial charge is 0.407 e. The molecule has 6 aromatic carbocycles. The zero-order chi connectivity index (χ0) is 109. The Balaban J connectivity index is 0.00000169. The van der Waals surface area contributed by atoms with Gasteiger partial charge in [0, 0.05) is 36.3 Å². The van der Waals surface area contributed by atoms with Crippen LogP contribution < -0.4 is 48.7 Å². The Hall–Kier alpha value is -12.1. The lowest BCUT2D eigenvalue weighted by Gasteiger charge is -2.24. The highest BCUT2D eigenvalue weighted by atomic mass is 35.5. The molecule has 1 unspecified atom stereocenters. The van der Waals surface area contributed by atoms with Gasteiger partial charge < -0.3 is 80.3 Å². The largest absolute Gasteiger partial charge is 0.480 e. The zero-order valence-electron chi connectivity index (χ0n) is 86.8. The van der Waals surface area contributed by atoms with Gasteiger partial charge in [-0.25, -0.2) is 9.59 Å². The number of esters is 8. The van der Waals surface area contributed by atoms with Crippen molar-refractivity contribution in [2.24, 2.45) is 41.1 Å². The van der Waals surface area contributed by atoms with Crippen LogP contribution in [0.3, 0.4) is 0 Å². The first-order valence-corrected chi connectivity index (χ1v) is 49.2. The molecule has 0 fully saturated rings. The molecule has 0 bridgehead atoms. The normalized spacial score (nSPS) is 12.9. The van der Waals surface area contributed by atoms with Crippen molar-refractivity contribution in [3.63, 3.8) is 0 Å². The molecule has 0 aliphatic heterocycles. The minimum Gasteiger partial charge on any atom is -0.480 e. The number of hydrogen-bond acceptors (Lipinski definition) is 32. The van der Waals surface area contributed by atoms with Gasteiger partial charge in [0.05, 0.1) is 63.1 Å². The van der Waals surface area contributed by atoms with Gasteiger partial charge >= 0.3 is 65.8 Å². The maximum Gasteiger partial charge on any atom is 0.407 e. The number of carboxylic acid groups (broad SMARTS) is 2. The number of nitrogens with one attached hydrogen (secondary N) is 7. The van der Waals surface area contributed by atoms with Crippen molar-refractivity contribution in [1.82, 2.24) is 37.2 Å². The van der Waals surface area contributed by atoms with E-state index in [1.807, 2.05) is 204 Å². The number of rotatable bonds is 49. The van der Waals surface area contributed by atoms with Crippen molar-refractivity contribution in [1.29, 1.82) is 0 Å². The number of carbonyl (C=O) groups excluding carboxylic acids is 12. The SMILES string of the molecule is CC(C)C[C@H](N[C@@H](CCNC(=O)c1ccc(-c2ccccc2)cc1)C(=O)O)C(=O)O.CCC[C@H](N[C@@H](CC(C)C)C(=O)OC)C(=O)OC.COC(=O)C(CC(C)C)OS(C)(=O)=O.COC(=O)[C@@H](N)CCNC(=O)OC(C)(C)C.COC(=O)[C@H](CCN)N[C@@H](CC(C)C)C(=O)OC.COC(=O)[C@H](CCNC(=O)c1ccc(-c2ccccc2)cc1)N[C@@H](CC(C)C)C(=O)OC.O=C(Cl)c1ccc(-c2ccccc2)cc1. The average Bonchev–Trinajstić information content (AvgIpc) is 0.854. The molecule has 0 spiro atoms. The van der Waals surface area contributed by atoms with E-state index in [-0.39, 0.29) is 80.0 Å². The quantitative estimate of drug-likeness (QED) is 0.00731. The van der Waals surface area contributed by atoms with E-state index in [0.29, 0.717) is 86.4 Å². The van der Waals surface area contributed by atoms with E-state index < -0.39 is 129 Å². The van der Waals surface area contributed by atoms with Crippen LogP contribution in [0.15, 0.2) is 164 Å². The summed E-state index contributed by atoms with van der Waals surface area (Å²) in [6.07, 6.45) is 4.26. The number of hydrogen-bond donors (Lipinski definition) is 11. The summed E-state index contributed by atoms with van der Waals surface area (Å²) >= 11 is 5.36. The Morgan fingerprint density at radius 1 is 0.350 bits per heavy atom. The first-order chi connectivity index (χ1) is 67.3. The first-order valence-electron chi connectivity index (χ1n) is 47.0. The standard InChI is InChI=1S/C25H32N2O5.C23H28N2O5.C13H9ClO.C13H25NO4.C12H24N2O4.C10H20N2O4.C8H16O5S/c1-17(2)16-22(25(30)32-4)27-21(24(29)31-3)14-15-26-23(28)20-12-10-19(11-13-20)18-8-6-5-7-9-18;1-15(2)14-20(23(29)30)25-19(22(27)28)12-13-24-21(26)18-10-8-17(9-11-18)16-6-4-3-5-7-16;14-13(15)12-8-6-11(7-9-12)10-4-2-1-3-5-10;1-6-7-10(12(15)17-4)14-11(8-9(2)3)13(16)18-5;1-8(2)7-10(12(16)18-4)14-9(5-6-13)11(15)17-3;1-10(2,3)16-9(14)12-6-5-7(11)8(13)15-4;1-6(2)5-7(8(9)12-3)13-14(4,10)11/h5-13,17,21-22,27H,14-16H2,1-4H3,(H,26,28);3-11,15,19-20,25H,12-14H2,1-2H3,(H,24,26)(H,27,28)(H,29,30);1-9H;9-11,14H,6-8H2,1-5H3;8-10,14H,5-7,13H2,1-4H3;7H,5-6,11H2,1-4H3,(H,12,14);6-7H,5H2,1-4H3/t21-,22-;19-,20-;;10-,11-;9-,10-;7-;/m00.000./s1. The molecule has 796 valence electrons. The van der Waals surface area contributed by atoms with E-state index in [0.717, 1.165) is 46.1 Å². The maximum absolute atomic E-state index is 12.5. The predicted molar refractivity (Wildman–Crippen MR) is 546 cm³/mol. The van der Waals surface area contributed by atoms with Crippen LogP contribution in [0.2, 0.25) is 0 Å². The molecule has 0 saturated heterocycles. The Bertz CT molecular complexity index is 4830. The number of nitrogens with two attached hydrogens (primary N) is 2. The highest BCUT2D eigenvalue weighted by molar-refractivity contribution is 7.86. The van der Waals surface area contributed by atoms with Crippen molar-refractivity contribution < 1.29 is 133 Å². The minimum atomic E-state index is -3.62. The number of methoxy groups -OCH3 is 8. The lowest BCUT2D eigenvalue weighted by atomic mass is 10.0. The number of carboxylic acids is 2. The Morgan fingerprint density at radius 2 is 0.622 bits per heavy atom. The van der Waals surface area contributed by atoms with E-state index in [4.69, 9.17) is 51.5 Å². The fourth-order valence-electron chi connectivity index (χ4n) is 13.2. The van der Waals surface area contributed by atoms with Crippen LogP contribution in [-0.4, -0.2) is 257 Å². The molecule has 3 amide bonds. The predicted octanol–water partition coefficient (Wildman–Crippen LogP) is 12.5. The fourth-order valence-corrected chi connectivity index (χ4v) is 13.9. The molecule has 0 heterocycles.